The van der Waals surface area contributed by atoms with E-state index >= 15 is 0 Å². The van der Waals surface area contributed by atoms with Crippen LogP contribution < -0.4 is 10.9 Å². The summed E-state index contributed by atoms with van der Waals surface area (Å²) in [6, 6.07) is 6.44. The zero-order valence-corrected chi connectivity index (χ0v) is 11.6. The number of methoxy groups -OCH3 is 1. The minimum absolute atomic E-state index is 0.0614. The Morgan fingerprint density at radius 2 is 2.14 bits per heavy atom. The number of ether oxygens (including phenoxy) is 1. The standard InChI is InChI=1S/C14H17N3O4/c1-21-8-9(6-7-18)15-14(20)12-10-4-2-3-5-11(10)13(19)17-16-12/h2-5,9,18H,6-8H2,1H3,(H,15,20)(H,17,19). The molecule has 2 aromatic rings. The molecule has 7 heteroatoms. The van der Waals surface area contributed by atoms with Crippen molar-refractivity contribution in [2.75, 3.05) is 20.3 Å². The average molecular weight is 291 g/mol. The fraction of sp³-hybridized carbons (Fsp3) is 0.357. The smallest absolute Gasteiger partial charge is 0.272 e. The van der Waals surface area contributed by atoms with E-state index in [0.717, 1.165) is 0 Å². The van der Waals surface area contributed by atoms with Crippen LogP contribution in [0, 0.1) is 0 Å². The molecule has 0 fully saturated rings. The van der Waals surface area contributed by atoms with Crippen molar-refractivity contribution >= 4 is 16.7 Å². The van der Waals surface area contributed by atoms with Gasteiger partial charge in [-0.15, -0.1) is 0 Å². The van der Waals surface area contributed by atoms with Crippen LogP contribution in [0.2, 0.25) is 0 Å². The molecule has 3 N–H and O–H groups in total. The molecule has 7 nitrogen and oxygen atoms in total. The van der Waals surface area contributed by atoms with Crippen LogP contribution in [-0.4, -0.2) is 47.6 Å². The van der Waals surface area contributed by atoms with Crippen molar-refractivity contribution in [3.05, 3.63) is 40.3 Å². The molecule has 1 atom stereocenters. The summed E-state index contributed by atoms with van der Waals surface area (Å²) in [4.78, 5) is 24.0. The molecule has 1 unspecified atom stereocenters. The molecule has 0 spiro atoms. The number of H-pyrrole nitrogens is 1. The van der Waals surface area contributed by atoms with E-state index in [-0.39, 0.29) is 30.5 Å². The lowest BCUT2D eigenvalue weighted by atomic mass is 10.1. The second-order valence-electron chi connectivity index (χ2n) is 4.58. The molecular formula is C14H17N3O4. The number of nitrogens with zero attached hydrogens (tertiary/aromatic N) is 1. The highest BCUT2D eigenvalue weighted by Crippen LogP contribution is 2.12. The molecular weight excluding hydrogens is 274 g/mol. The number of nitrogens with one attached hydrogen (secondary N) is 2. The number of hydrogen-bond donors (Lipinski definition) is 3. The molecule has 2 rings (SSSR count). The Kier molecular flexibility index (Phi) is 5.02. The fourth-order valence-corrected chi connectivity index (χ4v) is 2.10. The first-order chi connectivity index (χ1) is 10.2. The molecule has 0 saturated carbocycles. The third kappa shape index (κ3) is 3.45. The summed E-state index contributed by atoms with van der Waals surface area (Å²) in [7, 11) is 1.52. The molecule has 0 aliphatic carbocycles. The second kappa shape index (κ2) is 6.96. The maximum Gasteiger partial charge on any atom is 0.272 e. The number of carbonyl (C=O) groups is 1. The van der Waals surface area contributed by atoms with E-state index in [9.17, 15) is 9.59 Å². The van der Waals surface area contributed by atoms with Gasteiger partial charge in [0.1, 0.15) is 0 Å². The summed E-state index contributed by atoms with van der Waals surface area (Å²) in [5.41, 5.74) is -0.199. The number of aromatic nitrogens is 2. The van der Waals surface area contributed by atoms with Gasteiger partial charge in [0.25, 0.3) is 11.5 Å². The largest absolute Gasteiger partial charge is 0.396 e. The van der Waals surface area contributed by atoms with E-state index in [4.69, 9.17) is 9.84 Å². The molecule has 112 valence electrons. The van der Waals surface area contributed by atoms with Crippen molar-refractivity contribution in [1.29, 1.82) is 0 Å². The Hall–Kier alpha value is -2.25. The highest BCUT2D eigenvalue weighted by molar-refractivity contribution is 6.04. The number of benzene rings is 1. The van der Waals surface area contributed by atoms with Crippen LogP contribution in [-0.2, 0) is 4.74 Å². The summed E-state index contributed by atoms with van der Waals surface area (Å²) in [6.45, 7) is 0.224. The van der Waals surface area contributed by atoms with E-state index in [1.807, 2.05) is 0 Å². The maximum atomic E-state index is 12.3. The van der Waals surface area contributed by atoms with Gasteiger partial charge in [0.05, 0.1) is 18.0 Å². The second-order valence-corrected chi connectivity index (χ2v) is 4.58. The lowest BCUT2D eigenvalue weighted by Gasteiger charge is -2.16. The third-order valence-corrected chi connectivity index (χ3v) is 3.09. The van der Waals surface area contributed by atoms with Crippen molar-refractivity contribution in [3.63, 3.8) is 0 Å². The van der Waals surface area contributed by atoms with Gasteiger partial charge in [-0.3, -0.25) is 9.59 Å². The van der Waals surface area contributed by atoms with Crippen LogP contribution in [0.3, 0.4) is 0 Å². The van der Waals surface area contributed by atoms with Gasteiger partial charge in [-0.05, 0) is 12.5 Å². The Balaban J connectivity index is 2.31. The van der Waals surface area contributed by atoms with Gasteiger partial charge in [0.15, 0.2) is 5.69 Å². The normalized spacial score (nSPS) is 12.3. The number of fused-ring (bicyclic) bond motifs is 1. The number of aliphatic hydroxyl groups excluding tert-OH is 1. The number of rotatable bonds is 6. The van der Waals surface area contributed by atoms with E-state index in [1.54, 1.807) is 24.3 Å². The number of hydrogen-bond acceptors (Lipinski definition) is 5. The Morgan fingerprint density at radius 1 is 1.43 bits per heavy atom. The van der Waals surface area contributed by atoms with Gasteiger partial charge >= 0.3 is 0 Å². The monoisotopic (exact) mass is 291 g/mol. The van der Waals surface area contributed by atoms with Gasteiger partial charge in [-0.25, -0.2) is 5.10 Å². The minimum Gasteiger partial charge on any atom is -0.396 e. The fourth-order valence-electron chi connectivity index (χ4n) is 2.10. The number of carbonyl (C=O) groups excluding carboxylic acids is 1. The summed E-state index contributed by atoms with van der Waals surface area (Å²) >= 11 is 0. The molecule has 1 aromatic carbocycles. The van der Waals surface area contributed by atoms with Crippen LogP contribution in [0.1, 0.15) is 16.9 Å². The molecule has 1 aromatic heterocycles. The molecule has 0 aliphatic heterocycles. The number of amides is 1. The van der Waals surface area contributed by atoms with Crippen molar-refractivity contribution in [2.24, 2.45) is 0 Å². The Bertz CT molecular complexity index is 677. The van der Waals surface area contributed by atoms with Crippen LogP contribution in [0.15, 0.2) is 29.1 Å². The van der Waals surface area contributed by atoms with Crippen LogP contribution in [0.25, 0.3) is 10.8 Å². The number of aromatic amines is 1. The minimum atomic E-state index is -0.419. The first kappa shape index (κ1) is 15.1. The maximum absolute atomic E-state index is 12.3. The van der Waals surface area contributed by atoms with Crippen molar-refractivity contribution in [1.82, 2.24) is 15.5 Å². The lowest BCUT2D eigenvalue weighted by Crippen LogP contribution is -2.39. The molecule has 0 radical (unpaired) electrons. The first-order valence-corrected chi connectivity index (χ1v) is 6.55. The van der Waals surface area contributed by atoms with E-state index < -0.39 is 5.91 Å². The third-order valence-electron chi connectivity index (χ3n) is 3.09. The SMILES string of the molecule is COCC(CCO)NC(=O)c1n[nH]c(=O)c2ccccc12. The first-order valence-electron chi connectivity index (χ1n) is 6.55. The molecule has 0 bridgehead atoms. The van der Waals surface area contributed by atoms with Crippen molar-refractivity contribution in [2.45, 2.75) is 12.5 Å². The van der Waals surface area contributed by atoms with Gasteiger partial charge in [-0.1, -0.05) is 18.2 Å². The van der Waals surface area contributed by atoms with Crippen LogP contribution >= 0.6 is 0 Å². The quantitative estimate of drug-likeness (QED) is 0.697. The van der Waals surface area contributed by atoms with Gasteiger partial charge in [-0.2, -0.15) is 5.10 Å². The average Bonchev–Trinajstić information content (AvgIpc) is 2.48. The predicted octanol–water partition coefficient (Wildman–Crippen LogP) is 0.0503. The Morgan fingerprint density at radius 3 is 2.81 bits per heavy atom. The summed E-state index contributed by atoms with van der Waals surface area (Å²) in [5.74, 6) is -0.419. The molecule has 0 aliphatic rings. The van der Waals surface area contributed by atoms with Crippen LogP contribution in [0.5, 0.6) is 0 Å². The molecule has 21 heavy (non-hydrogen) atoms. The van der Waals surface area contributed by atoms with Gasteiger partial charge in [0.2, 0.25) is 0 Å². The molecule has 1 heterocycles. The van der Waals surface area contributed by atoms with Gasteiger partial charge < -0.3 is 15.2 Å². The predicted molar refractivity (Wildman–Crippen MR) is 77.2 cm³/mol. The van der Waals surface area contributed by atoms with Crippen LogP contribution in [0.4, 0.5) is 0 Å². The van der Waals surface area contributed by atoms with E-state index in [2.05, 4.69) is 15.5 Å². The van der Waals surface area contributed by atoms with E-state index in [1.165, 1.54) is 7.11 Å². The van der Waals surface area contributed by atoms with Gasteiger partial charge in [0, 0.05) is 19.1 Å². The Labute approximate surface area is 120 Å². The van der Waals surface area contributed by atoms with E-state index in [0.29, 0.717) is 17.2 Å². The highest BCUT2D eigenvalue weighted by atomic mass is 16.5. The van der Waals surface area contributed by atoms with Crippen molar-refractivity contribution < 1.29 is 14.6 Å². The summed E-state index contributed by atoms with van der Waals surface area (Å²) in [6.07, 6.45) is 0.376. The lowest BCUT2D eigenvalue weighted by molar-refractivity contribution is 0.0874. The zero-order valence-electron chi connectivity index (χ0n) is 11.6. The highest BCUT2D eigenvalue weighted by Gasteiger charge is 2.17. The topological polar surface area (TPSA) is 104 Å². The summed E-state index contributed by atoms with van der Waals surface area (Å²) < 4.78 is 5.00. The molecule has 0 saturated heterocycles. The zero-order chi connectivity index (χ0) is 15.2. The van der Waals surface area contributed by atoms with Crippen molar-refractivity contribution in [3.8, 4) is 0 Å². The molecule has 1 amide bonds. The summed E-state index contributed by atoms with van der Waals surface area (Å²) in [5, 5.41) is 18.8. The number of aliphatic hydroxyl groups is 1.